The van der Waals surface area contributed by atoms with Crippen molar-refractivity contribution in [2.24, 2.45) is 0 Å². The molecule has 1 aromatic rings. The van der Waals surface area contributed by atoms with Gasteiger partial charge in [-0.05, 0) is 20.0 Å². The molecule has 1 aliphatic heterocycles. The third kappa shape index (κ3) is 2.68. The van der Waals surface area contributed by atoms with Gasteiger partial charge in [0.1, 0.15) is 6.33 Å². The minimum Gasteiger partial charge on any atom is -0.349 e. The van der Waals surface area contributed by atoms with E-state index < -0.39 is 4.92 Å². The van der Waals surface area contributed by atoms with E-state index in [1.165, 1.54) is 6.33 Å². The minimum atomic E-state index is -0.522. The summed E-state index contributed by atoms with van der Waals surface area (Å²) in [6, 6.07) is 0. The molecule has 0 bridgehead atoms. The van der Waals surface area contributed by atoms with Crippen LogP contribution in [0.25, 0.3) is 0 Å². The SMILES string of the molecule is CN1CCCN(c2ncnc(Cl)c2[N+](=O)[O-])CC1. The zero-order chi connectivity index (χ0) is 13.1. The summed E-state index contributed by atoms with van der Waals surface area (Å²) in [5.41, 5.74) is -0.205. The van der Waals surface area contributed by atoms with E-state index in [9.17, 15) is 10.1 Å². The molecular weight excluding hydrogens is 258 g/mol. The maximum atomic E-state index is 11.0. The van der Waals surface area contributed by atoms with Crippen LogP contribution in [0.2, 0.25) is 5.15 Å². The molecule has 1 aromatic heterocycles. The predicted octanol–water partition coefficient (Wildman–Crippen LogP) is 1.18. The van der Waals surface area contributed by atoms with Gasteiger partial charge in [-0.3, -0.25) is 10.1 Å². The van der Waals surface area contributed by atoms with Crippen LogP contribution in [0.15, 0.2) is 6.33 Å². The Morgan fingerprint density at radius 2 is 2.11 bits per heavy atom. The highest BCUT2D eigenvalue weighted by molar-refractivity contribution is 6.31. The van der Waals surface area contributed by atoms with Crippen molar-refractivity contribution in [1.29, 1.82) is 0 Å². The Morgan fingerprint density at radius 3 is 2.83 bits per heavy atom. The Hall–Kier alpha value is -1.47. The number of aromatic nitrogens is 2. The van der Waals surface area contributed by atoms with E-state index in [-0.39, 0.29) is 10.8 Å². The first-order valence-electron chi connectivity index (χ1n) is 5.68. The Bertz CT molecular complexity index is 456. The molecule has 18 heavy (non-hydrogen) atoms. The van der Waals surface area contributed by atoms with Crippen LogP contribution in [0.4, 0.5) is 11.5 Å². The zero-order valence-corrected chi connectivity index (χ0v) is 10.8. The van der Waals surface area contributed by atoms with Gasteiger partial charge >= 0.3 is 5.69 Å². The van der Waals surface area contributed by atoms with Crippen molar-refractivity contribution in [1.82, 2.24) is 14.9 Å². The van der Waals surface area contributed by atoms with E-state index in [0.717, 1.165) is 26.1 Å². The van der Waals surface area contributed by atoms with Crippen molar-refractivity contribution in [2.45, 2.75) is 6.42 Å². The van der Waals surface area contributed by atoms with Crippen LogP contribution in [0, 0.1) is 10.1 Å². The molecule has 0 unspecified atom stereocenters. The lowest BCUT2D eigenvalue weighted by atomic mass is 10.3. The summed E-state index contributed by atoms with van der Waals surface area (Å²) in [4.78, 5) is 22.3. The van der Waals surface area contributed by atoms with Crippen LogP contribution in [-0.2, 0) is 0 Å². The Labute approximate surface area is 110 Å². The lowest BCUT2D eigenvalue weighted by Crippen LogP contribution is -2.30. The maximum absolute atomic E-state index is 11.0. The molecule has 0 amide bonds. The highest BCUT2D eigenvalue weighted by Crippen LogP contribution is 2.31. The molecule has 0 N–H and O–H groups in total. The van der Waals surface area contributed by atoms with Gasteiger partial charge in [0.25, 0.3) is 0 Å². The minimum absolute atomic E-state index is 0.109. The van der Waals surface area contributed by atoms with Crippen molar-refractivity contribution in [2.75, 3.05) is 38.1 Å². The summed E-state index contributed by atoms with van der Waals surface area (Å²) in [5.74, 6) is 0.315. The molecule has 0 radical (unpaired) electrons. The average Bonchev–Trinajstić information content (AvgIpc) is 2.53. The highest BCUT2D eigenvalue weighted by atomic mass is 35.5. The van der Waals surface area contributed by atoms with Gasteiger partial charge in [0.15, 0.2) is 0 Å². The first-order valence-corrected chi connectivity index (χ1v) is 6.06. The quantitative estimate of drug-likeness (QED) is 0.457. The summed E-state index contributed by atoms with van der Waals surface area (Å²) in [5, 5.41) is 10.9. The summed E-state index contributed by atoms with van der Waals surface area (Å²) < 4.78 is 0. The van der Waals surface area contributed by atoms with E-state index in [1.807, 2.05) is 11.9 Å². The van der Waals surface area contributed by atoms with Gasteiger partial charge in [0.05, 0.1) is 4.92 Å². The molecule has 0 saturated carbocycles. The summed E-state index contributed by atoms with van der Waals surface area (Å²) in [6.45, 7) is 3.26. The van der Waals surface area contributed by atoms with Crippen molar-refractivity contribution < 1.29 is 4.92 Å². The molecule has 2 heterocycles. The summed E-state index contributed by atoms with van der Waals surface area (Å²) >= 11 is 5.78. The van der Waals surface area contributed by atoms with Crippen molar-refractivity contribution in [3.63, 3.8) is 0 Å². The van der Waals surface area contributed by atoms with Gasteiger partial charge in [-0.25, -0.2) is 9.97 Å². The summed E-state index contributed by atoms with van der Waals surface area (Å²) in [7, 11) is 2.03. The Balaban J connectivity index is 2.32. The normalized spacial score (nSPS) is 17.6. The Morgan fingerprint density at radius 1 is 1.33 bits per heavy atom. The number of rotatable bonds is 2. The third-order valence-electron chi connectivity index (χ3n) is 2.96. The fraction of sp³-hybridized carbons (Fsp3) is 0.600. The molecule has 0 spiro atoms. The molecule has 1 saturated heterocycles. The molecule has 0 aliphatic carbocycles. The second kappa shape index (κ2) is 5.45. The largest absolute Gasteiger partial charge is 0.349 e. The van der Waals surface area contributed by atoms with Gasteiger partial charge < -0.3 is 9.80 Å². The first kappa shape index (κ1) is 13.0. The summed E-state index contributed by atoms with van der Waals surface area (Å²) in [6.07, 6.45) is 2.20. The third-order valence-corrected chi connectivity index (χ3v) is 3.24. The van der Waals surface area contributed by atoms with E-state index in [4.69, 9.17) is 11.6 Å². The molecule has 0 atom stereocenters. The van der Waals surface area contributed by atoms with Gasteiger partial charge in [0, 0.05) is 19.6 Å². The lowest BCUT2D eigenvalue weighted by molar-refractivity contribution is -0.384. The monoisotopic (exact) mass is 271 g/mol. The van der Waals surface area contributed by atoms with Crippen LogP contribution >= 0.6 is 11.6 Å². The zero-order valence-electron chi connectivity index (χ0n) is 10.0. The first-order chi connectivity index (χ1) is 8.59. The molecule has 98 valence electrons. The van der Waals surface area contributed by atoms with E-state index in [2.05, 4.69) is 14.9 Å². The van der Waals surface area contributed by atoms with Gasteiger partial charge in [-0.2, -0.15) is 0 Å². The van der Waals surface area contributed by atoms with E-state index in [0.29, 0.717) is 12.4 Å². The Kier molecular flexibility index (Phi) is 3.93. The van der Waals surface area contributed by atoms with Crippen LogP contribution < -0.4 is 4.90 Å². The fourth-order valence-corrected chi connectivity index (χ4v) is 2.19. The molecule has 0 aromatic carbocycles. The maximum Gasteiger partial charge on any atom is 0.348 e. The van der Waals surface area contributed by atoms with Gasteiger partial charge in [-0.15, -0.1) is 0 Å². The number of nitro groups is 1. The molecule has 2 rings (SSSR count). The number of hydrogen-bond donors (Lipinski definition) is 0. The number of nitrogens with zero attached hydrogens (tertiary/aromatic N) is 5. The van der Waals surface area contributed by atoms with Gasteiger partial charge in [-0.1, -0.05) is 11.6 Å². The van der Waals surface area contributed by atoms with Crippen molar-refractivity contribution in [3.8, 4) is 0 Å². The van der Waals surface area contributed by atoms with Crippen molar-refractivity contribution >= 4 is 23.1 Å². The lowest BCUT2D eigenvalue weighted by Gasteiger charge is -2.21. The van der Waals surface area contributed by atoms with E-state index in [1.54, 1.807) is 0 Å². The van der Waals surface area contributed by atoms with Crippen molar-refractivity contribution in [3.05, 3.63) is 21.6 Å². The molecule has 7 nitrogen and oxygen atoms in total. The van der Waals surface area contributed by atoms with Crippen LogP contribution in [-0.4, -0.2) is 53.0 Å². The molecule has 1 aliphatic rings. The second-order valence-corrected chi connectivity index (χ2v) is 4.60. The van der Waals surface area contributed by atoms with Gasteiger partial charge in [0.2, 0.25) is 11.0 Å². The second-order valence-electron chi connectivity index (χ2n) is 4.24. The molecule has 8 heteroatoms. The van der Waals surface area contributed by atoms with Crippen LogP contribution in [0.3, 0.4) is 0 Å². The topological polar surface area (TPSA) is 75.4 Å². The molecule has 1 fully saturated rings. The smallest absolute Gasteiger partial charge is 0.348 e. The van der Waals surface area contributed by atoms with Crippen LogP contribution in [0.5, 0.6) is 0 Å². The standard InChI is InChI=1S/C10H14ClN5O2/c1-14-3-2-4-15(6-5-14)10-8(16(17)18)9(11)12-7-13-10/h7H,2-6H2,1H3. The number of likely N-dealkylation sites (N-methyl/N-ethyl adjacent to an activating group) is 1. The molecular formula is C10H14ClN5O2. The average molecular weight is 272 g/mol. The highest BCUT2D eigenvalue weighted by Gasteiger charge is 2.26. The number of anilines is 1. The predicted molar refractivity (Wildman–Crippen MR) is 68.0 cm³/mol. The van der Waals surface area contributed by atoms with Crippen LogP contribution in [0.1, 0.15) is 6.42 Å². The fourth-order valence-electron chi connectivity index (χ4n) is 2.00. The van der Waals surface area contributed by atoms with E-state index >= 15 is 0 Å². The number of hydrogen-bond acceptors (Lipinski definition) is 6. The number of halogens is 1.